The molecule has 20 heavy (non-hydrogen) atoms. The van der Waals surface area contributed by atoms with E-state index in [4.69, 9.17) is 11.5 Å². The van der Waals surface area contributed by atoms with E-state index in [2.05, 4.69) is 0 Å². The Morgan fingerprint density at radius 2 is 1.85 bits per heavy atom. The Labute approximate surface area is 114 Å². The van der Waals surface area contributed by atoms with Crippen LogP contribution in [0.4, 0.5) is 8.78 Å². The minimum Gasteiger partial charge on any atom is -0.370 e. The van der Waals surface area contributed by atoms with Gasteiger partial charge in [-0.3, -0.25) is 9.59 Å². The van der Waals surface area contributed by atoms with Crippen LogP contribution >= 0.6 is 0 Å². The molecule has 0 aliphatic carbocycles. The molecule has 1 unspecified atom stereocenters. The van der Waals surface area contributed by atoms with Gasteiger partial charge < -0.3 is 16.4 Å². The molecule has 2 amide bonds. The summed E-state index contributed by atoms with van der Waals surface area (Å²) in [5, 5.41) is 0. The summed E-state index contributed by atoms with van der Waals surface area (Å²) in [4.78, 5) is 24.1. The highest BCUT2D eigenvalue weighted by Gasteiger charge is 2.28. The molecule has 0 radical (unpaired) electrons. The van der Waals surface area contributed by atoms with Crippen LogP contribution in [-0.2, 0) is 22.6 Å². The average Bonchev–Trinajstić information content (AvgIpc) is 2.41. The number of nitrogens with zero attached hydrogens (tertiary/aromatic N) is 1. The first-order chi connectivity index (χ1) is 9.40. The molecule has 7 heteroatoms. The molecule has 5 nitrogen and oxygen atoms in total. The van der Waals surface area contributed by atoms with Gasteiger partial charge in [-0.05, 0) is 24.1 Å². The van der Waals surface area contributed by atoms with Crippen molar-refractivity contribution in [1.82, 2.24) is 4.90 Å². The summed E-state index contributed by atoms with van der Waals surface area (Å²) in [5.41, 5.74) is 11.0. The van der Waals surface area contributed by atoms with Crippen molar-refractivity contribution in [2.75, 3.05) is 6.54 Å². The van der Waals surface area contributed by atoms with Crippen molar-refractivity contribution in [3.63, 3.8) is 0 Å². The molecule has 0 saturated heterocycles. The van der Waals surface area contributed by atoms with E-state index in [-0.39, 0.29) is 37.1 Å². The molecule has 0 spiro atoms. The molecule has 0 bridgehead atoms. The van der Waals surface area contributed by atoms with E-state index in [1.165, 1.54) is 4.90 Å². The maximum atomic E-state index is 13.7. The largest absolute Gasteiger partial charge is 0.370 e. The summed E-state index contributed by atoms with van der Waals surface area (Å²) in [6, 6.07) is 1.06. The van der Waals surface area contributed by atoms with Crippen molar-refractivity contribution in [1.29, 1.82) is 0 Å². The maximum absolute atomic E-state index is 13.7. The second-order valence-electron chi connectivity index (χ2n) is 4.77. The zero-order chi connectivity index (χ0) is 14.9. The minimum atomic E-state index is -1.05. The summed E-state index contributed by atoms with van der Waals surface area (Å²) in [6.07, 6.45) is -0.0538. The van der Waals surface area contributed by atoms with Crippen molar-refractivity contribution in [2.45, 2.75) is 25.4 Å². The van der Waals surface area contributed by atoms with E-state index < -0.39 is 29.5 Å². The van der Waals surface area contributed by atoms with Crippen LogP contribution in [0.5, 0.6) is 0 Å². The topological polar surface area (TPSA) is 89.4 Å². The van der Waals surface area contributed by atoms with Gasteiger partial charge in [-0.1, -0.05) is 0 Å². The van der Waals surface area contributed by atoms with E-state index in [0.29, 0.717) is 0 Å². The molecule has 1 aliphatic rings. The van der Waals surface area contributed by atoms with E-state index in [1.807, 2.05) is 0 Å². The molecule has 1 aliphatic heterocycles. The number of benzene rings is 1. The zero-order valence-electron chi connectivity index (χ0n) is 10.7. The predicted molar refractivity (Wildman–Crippen MR) is 67.3 cm³/mol. The van der Waals surface area contributed by atoms with Gasteiger partial charge >= 0.3 is 0 Å². The van der Waals surface area contributed by atoms with Gasteiger partial charge in [0, 0.05) is 18.7 Å². The average molecular weight is 283 g/mol. The van der Waals surface area contributed by atoms with Gasteiger partial charge in [0.1, 0.15) is 11.6 Å². The summed E-state index contributed by atoms with van der Waals surface area (Å²) in [7, 11) is 0. The standard InChI is InChI=1S/C13H15F2N3O2/c14-9-1-2-10(15)8-6-18(4-3-7(8)9)13(20)11(16)5-12(17)19/h1-2,11H,3-6,16H2,(H2,17,19). The van der Waals surface area contributed by atoms with Crippen LogP contribution < -0.4 is 11.5 Å². The number of amides is 2. The van der Waals surface area contributed by atoms with E-state index in [1.54, 1.807) is 0 Å². The highest BCUT2D eigenvalue weighted by atomic mass is 19.1. The molecule has 0 saturated carbocycles. The van der Waals surface area contributed by atoms with Gasteiger partial charge in [0.25, 0.3) is 0 Å². The van der Waals surface area contributed by atoms with Gasteiger partial charge in [-0.2, -0.15) is 0 Å². The highest BCUT2D eigenvalue weighted by molar-refractivity contribution is 5.87. The van der Waals surface area contributed by atoms with Crippen LogP contribution in [0.2, 0.25) is 0 Å². The van der Waals surface area contributed by atoms with Crippen molar-refractivity contribution >= 4 is 11.8 Å². The van der Waals surface area contributed by atoms with Crippen molar-refractivity contribution < 1.29 is 18.4 Å². The van der Waals surface area contributed by atoms with Crippen molar-refractivity contribution in [3.05, 3.63) is 34.9 Å². The quantitative estimate of drug-likeness (QED) is 0.821. The third kappa shape index (κ3) is 2.77. The first-order valence-corrected chi connectivity index (χ1v) is 6.18. The Balaban J connectivity index is 2.17. The van der Waals surface area contributed by atoms with E-state index >= 15 is 0 Å². The summed E-state index contributed by atoms with van der Waals surface area (Å²) in [5.74, 6) is -2.20. The Morgan fingerprint density at radius 3 is 2.45 bits per heavy atom. The number of hydrogen-bond acceptors (Lipinski definition) is 3. The normalized spacial score (nSPS) is 15.7. The predicted octanol–water partition coefficient (Wildman–Crippen LogP) is 0.0522. The van der Waals surface area contributed by atoms with Crippen molar-refractivity contribution in [3.8, 4) is 0 Å². The molecule has 0 aromatic heterocycles. The number of nitrogens with two attached hydrogens (primary N) is 2. The molecule has 2 rings (SSSR count). The zero-order valence-corrected chi connectivity index (χ0v) is 10.7. The Hall–Kier alpha value is -2.02. The third-order valence-corrected chi connectivity index (χ3v) is 3.35. The lowest BCUT2D eigenvalue weighted by Crippen LogP contribution is -2.47. The summed E-state index contributed by atoms with van der Waals surface area (Å²) < 4.78 is 27.2. The Morgan fingerprint density at radius 1 is 1.25 bits per heavy atom. The summed E-state index contributed by atoms with van der Waals surface area (Å²) >= 11 is 0. The first-order valence-electron chi connectivity index (χ1n) is 6.18. The molecular weight excluding hydrogens is 268 g/mol. The monoisotopic (exact) mass is 283 g/mol. The number of carbonyl (C=O) groups is 2. The van der Waals surface area contributed by atoms with Crippen molar-refractivity contribution in [2.24, 2.45) is 11.5 Å². The third-order valence-electron chi connectivity index (χ3n) is 3.35. The van der Waals surface area contributed by atoms with Gasteiger partial charge in [0.05, 0.1) is 12.5 Å². The lowest BCUT2D eigenvalue weighted by molar-refractivity contribution is -0.135. The van der Waals surface area contributed by atoms with E-state index in [9.17, 15) is 18.4 Å². The first kappa shape index (κ1) is 14.4. The maximum Gasteiger partial charge on any atom is 0.240 e. The molecule has 1 atom stereocenters. The van der Waals surface area contributed by atoms with Gasteiger partial charge in [0.2, 0.25) is 11.8 Å². The molecule has 1 aromatic rings. The molecule has 1 aromatic carbocycles. The Bertz CT molecular complexity index is 563. The number of primary amides is 1. The lowest BCUT2D eigenvalue weighted by atomic mass is 9.97. The van der Waals surface area contributed by atoms with Crippen LogP contribution in [-0.4, -0.2) is 29.3 Å². The molecule has 108 valence electrons. The smallest absolute Gasteiger partial charge is 0.240 e. The van der Waals surface area contributed by atoms with Gasteiger partial charge in [-0.25, -0.2) is 8.78 Å². The molecule has 4 N–H and O–H groups in total. The van der Waals surface area contributed by atoms with Crippen LogP contribution in [0.25, 0.3) is 0 Å². The van der Waals surface area contributed by atoms with Gasteiger partial charge in [-0.15, -0.1) is 0 Å². The minimum absolute atomic E-state index is 0.0514. The van der Waals surface area contributed by atoms with Crippen LogP contribution in [0.3, 0.4) is 0 Å². The summed E-state index contributed by atoms with van der Waals surface area (Å²) in [6.45, 7) is 0.183. The number of carbonyl (C=O) groups excluding carboxylic acids is 2. The fourth-order valence-corrected chi connectivity index (χ4v) is 2.32. The number of fused-ring (bicyclic) bond motifs is 1. The number of rotatable bonds is 3. The second-order valence-corrected chi connectivity index (χ2v) is 4.77. The highest BCUT2D eigenvalue weighted by Crippen LogP contribution is 2.24. The SMILES string of the molecule is NC(=O)CC(N)C(=O)N1CCc2c(F)ccc(F)c2C1. The molecule has 1 heterocycles. The van der Waals surface area contributed by atoms with E-state index in [0.717, 1.165) is 12.1 Å². The fourth-order valence-electron chi connectivity index (χ4n) is 2.32. The Kier molecular flexibility index (Phi) is 3.99. The number of halogens is 2. The van der Waals surface area contributed by atoms with Crippen LogP contribution in [0, 0.1) is 11.6 Å². The number of hydrogen-bond donors (Lipinski definition) is 2. The van der Waals surface area contributed by atoms with Crippen LogP contribution in [0.1, 0.15) is 17.5 Å². The van der Waals surface area contributed by atoms with Gasteiger partial charge in [0.15, 0.2) is 0 Å². The lowest BCUT2D eigenvalue weighted by Gasteiger charge is -2.31. The molecular formula is C13H15F2N3O2. The van der Waals surface area contributed by atoms with Crippen LogP contribution in [0.15, 0.2) is 12.1 Å². The fraction of sp³-hybridized carbons (Fsp3) is 0.385. The second kappa shape index (κ2) is 5.54. The molecule has 0 fully saturated rings.